The number of hydrogen-bond acceptors (Lipinski definition) is 3. The molecule has 0 aliphatic heterocycles. The van der Waals surface area contributed by atoms with E-state index in [9.17, 15) is 4.79 Å². The number of halogens is 1. The zero-order valence-electron chi connectivity index (χ0n) is 10.0. The average Bonchev–Trinajstić information content (AvgIpc) is 2.71. The van der Waals surface area contributed by atoms with Gasteiger partial charge in [0.25, 0.3) is 0 Å². The third-order valence-electron chi connectivity index (χ3n) is 3.38. The number of methoxy groups -OCH3 is 1. The van der Waals surface area contributed by atoms with E-state index < -0.39 is 0 Å². The van der Waals surface area contributed by atoms with E-state index in [0.29, 0.717) is 4.88 Å². The largest absolute Gasteiger partial charge is 0.465 e. The van der Waals surface area contributed by atoms with Crippen LogP contribution in [0.4, 0.5) is 0 Å². The molecule has 0 amide bonds. The van der Waals surface area contributed by atoms with Gasteiger partial charge in [-0.15, -0.1) is 11.3 Å². The van der Waals surface area contributed by atoms with Crippen LogP contribution in [-0.4, -0.2) is 13.1 Å². The lowest BCUT2D eigenvalue weighted by molar-refractivity contribution is 0.0606. The first-order valence-corrected chi connectivity index (χ1v) is 7.26. The second-order valence-electron chi connectivity index (χ2n) is 4.61. The maximum absolute atomic E-state index is 11.4. The Morgan fingerprint density at radius 2 is 2.18 bits per heavy atom. The van der Waals surface area contributed by atoms with E-state index in [4.69, 9.17) is 16.3 Å². The van der Waals surface area contributed by atoms with Gasteiger partial charge in [-0.05, 0) is 24.0 Å². The Labute approximate surface area is 111 Å². The van der Waals surface area contributed by atoms with Crippen molar-refractivity contribution in [3.05, 3.63) is 20.8 Å². The minimum absolute atomic E-state index is 0.285. The molecule has 1 aliphatic carbocycles. The number of hydrogen-bond donors (Lipinski definition) is 0. The molecular weight excluding hydrogens is 256 g/mol. The number of ether oxygens (including phenoxy) is 1. The molecule has 0 bridgehead atoms. The lowest BCUT2D eigenvalue weighted by Gasteiger charge is -2.20. The fraction of sp³-hybridized carbons (Fsp3) is 0.615. The van der Waals surface area contributed by atoms with Gasteiger partial charge in [0.05, 0.1) is 11.4 Å². The van der Waals surface area contributed by atoms with Gasteiger partial charge >= 0.3 is 5.97 Å². The van der Waals surface area contributed by atoms with Crippen LogP contribution in [0.1, 0.15) is 47.3 Å². The molecule has 0 atom stereocenters. The Kier molecular flexibility index (Phi) is 4.46. The van der Waals surface area contributed by atoms with Crippen LogP contribution in [0, 0.1) is 5.92 Å². The first-order valence-electron chi connectivity index (χ1n) is 6.07. The number of esters is 1. The molecule has 1 aromatic heterocycles. The van der Waals surface area contributed by atoms with Gasteiger partial charge in [0.2, 0.25) is 0 Å². The minimum Gasteiger partial charge on any atom is -0.465 e. The van der Waals surface area contributed by atoms with Gasteiger partial charge in [-0.1, -0.05) is 43.7 Å². The summed E-state index contributed by atoms with van der Waals surface area (Å²) in [5, 5.41) is 0. The summed E-state index contributed by atoms with van der Waals surface area (Å²) in [5.41, 5.74) is 1.11. The summed E-state index contributed by atoms with van der Waals surface area (Å²) in [5.74, 6) is 0.452. The molecule has 4 heteroatoms. The predicted octanol–water partition coefficient (Wildman–Crippen LogP) is 4.31. The van der Waals surface area contributed by atoms with Crippen molar-refractivity contribution < 1.29 is 9.53 Å². The van der Waals surface area contributed by atoms with Gasteiger partial charge in [0.1, 0.15) is 4.88 Å². The molecule has 1 heterocycles. The van der Waals surface area contributed by atoms with E-state index in [2.05, 4.69) is 0 Å². The van der Waals surface area contributed by atoms with E-state index in [0.717, 1.165) is 22.2 Å². The number of rotatable bonds is 3. The molecule has 17 heavy (non-hydrogen) atoms. The lowest BCUT2D eigenvalue weighted by atomic mass is 9.85. The molecule has 94 valence electrons. The van der Waals surface area contributed by atoms with Crippen LogP contribution in [0.3, 0.4) is 0 Å². The van der Waals surface area contributed by atoms with E-state index in [1.54, 1.807) is 0 Å². The SMILES string of the molecule is COC(=O)c1cc(CC2CCCCC2)c(Cl)s1. The van der Waals surface area contributed by atoms with E-state index in [-0.39, 0.29) is 5.97 Å². The fourth-order valence-corrected chi connectivity index (χ4v) is 3.66. The molecule has 2 rings (SSSR count). The Bertz CT molecular complexity index is 394. The first kappa shape index (κ1) is 12.9. The lowest BCUT2D eigenvalue weighted by Crippen LogP contribution is -2.09. The summed E-state index contributed by atoms with van der Waals surface area (Å²) in [7, 11) is 1.40. The van der Waals surface area contributed by atoms with Gasteiger partial charge in [-0.3, -0.25) is 0 Å². The van der Waals surface area contributed by atoms with Crippen LogP contribution < -0.4 is 0 Å². The summed E-state index contributed by atoms with van der Waals surface area (Å²) < 4.78 is 5.45. The maximum Gasteiger partial charge on any atom is 0.348 e. The minimum atomic E-state index is -0.285. The number of thiophene rings is 1. The third kappa shape index (κ3) is 3.23. The summed E-state index contributed by atoms with van der Waals surface area (Å²) in [6, 6.07) is 1.90. The summed E-state index contributed by atoms with van der Waals surface area (Å²) in [4.78, 5) is 12.0. The zero-order chi connectivity index (χ0) is 12.3. The molecule has 0 saturated heterocycles. The van der Waals surface area contributed by atoms with Gasteiger partial charge in [-0.25, -0.2) is 4.79 Å². The average molecular weight is 273 g/mol. The topological polar surface area (TPSA) is 26.3 Å². The standard InChI is InChI=1S/C13H17ClO2S/c1-16-13(15)11-8-10(12(14)17-11)7-9-5-3-2-4-6-9/h8-9H,2-7H2,1H3. The van der Waals surface area contributed by atoms with Crippen molar-refractivity contribution in [2.24, 2.45) is 5.92 Å². The molecule has 1 fully saturated rings. The van der Waals surface area contributed by atoms with Crippen molar-refractivity contribution in [3.8, 4) is 0 Å². The second kappa shape index (κ2) is 5.87. The van der Waals surface area contributed by atoms with Crippen LogP contribution in [0.15, 0.2) is 6.07 Å². The molecule has 0 N–H and O–H groups in total. The monoisotopic (exact) mass is 272 g/mol. The molecule has 2 nitrogen and oxygen atoms in total. The van der Waals surface area contributed by atoms with Crippen LogP contribution in [-0.2, 0) is 11.2 Å². The normalized spacial score (nSPS) is 17.1. The first-order chi connectivity index (χ1) is 8.20. The van der Waals surface area contributed by atoms with Crippen molar-refractivity contribution in [1.29, 1.82) is 0 Å². The highest BCUT2D eigenvalue weighted by atomic mass is 35.5. The van der Waals surface area contributed by atoms with Crippen LogP contribution >= 0.6 is 22.9 Å². The smallest absolute Gasteiger partial charge is 0.348 e. The van der Waals surface area contributed by atoms with E-state index in [1.807, 2.05) is 6.07 Å². The van der Waals surface area contributed by atoms with Crippen LogP contribution in [0.2, 0.25) is 4.34 Å². The Morgan fingerprint density at radius 1 is 1.47 bits per heavy atom. The van der Waals surface area contributed by atoms with Crippen molar-refractivity contribution in [2.45, 2.75) is 38.5 Å². The van der Waals surface area contributed by atoms with Crippen LogP contribution in [0.5, 0.6) is 0 Å². The Balaban J connectivity index is 2.04. The third-order valence-corrected chi connectivity index (χ3v) is 4.80. The van der Waals surface area contributed by atoms with Crippen molar-refractivity contribution in [2.75, 3.05) is 7.11 Å². The van der Waals surface area contributed by atoms with Gasteiger partial charge < -0.3 is 4.74 Å². The van der Waals surface area contributed by atoms with Gasteiger partial charge in [-0.2, -0.15) is 0 Å². The molecule has 0 spiro atoms. The Morgan fingerprint density at radius 3 is 2.82 bits per heavy atom. The molecule has 1 saturated carbocycles. The maximum atomic E-state index is 11.4. The quantitative estimate of drug-likeness (QED) is 0.767. The molecule has 1 aromatic rings. The van der Waals surface area contributed by atoms with E-state index in [1.165, 1.54) is 50.6 Å². The zero-order valence-corrected chi connectivity index (χ0v) is 11.6. The summed E-state index contributed by atoms with van der Waals surface area (Å²) in [6.07, 6.45) is 7.61. The fourth-order valence-electron chi connectivity index (χ4n) is 2.45. The molecule has 1 aliphatic rings. The summed E-state index contributed by atoms with van der Waals surface area (Å²) in [6.45, 7) is 0. The highest BCUT2D eigenvalue weighted by Gasteiger charge is 2.19. The predicted molar refractivity (Wildman–Crippen MR) is 70.9 cm³/mol. The molecule has 0 aromatic carbocycles. The molecular formula is C13H17ClO2S. The molecule has 0 radical (unpaired) electrons. The van der Waals surface area contributed by atoms with Crippen molar-refractivity contribution in [1.82, 2.24) is 0 Å². The van der Waals surface area contributed by atoms with Crippen molar-refractivity contribution in [3.63, 3.8) is 0 Å². The van der Waals surface area contributed by atoms with Gasteiger partial charge in [0.15, 0.2) is 0 Å². The Hall–Kier alpha value is -0.540. The van der Waals surface area contributed by atoms with Crippen molar-refractivity contribution >= 4 is 28.9 Å². The van der Waals surface area contributed by atoms with E-state index >= 15 is 0 Å². The second-order valence-corrected chi connectivity index (χ2v) is 6.26. The highest BCUT2D eigenvalue weighted by Crippen LogP contribution is 2.33. The number of carbonyl (C=O) groups excluding carboxylic acids is 1. The molecule has 0 unspecified atom stereocenters. The number of carbonyl (C=O) groups is 1. The van der Waals surface area contributed by atoms with Crippen LogP contribution in [0.25, 0.3) is 0 Å². The highest BCUT2D eigenvalue weighted by molar-refractivity contribution is 7.18. The van der Waals surface area contributed by atoms with Gasteiger partial charge in [0, 0.05) is 0 Å². The summed E-state index contributed by atoms with van der Waals surface area (Å²) >= 11 is 7.50.